The van der Waals surface area contributed by atoms with Crippen LogP contribution in [0.5, 0.6) is 0 Å². The lowest BCUT2D eigenvalue weighted by molar-refractivity contribution is -0.121. The molecule has 0 bridgehead atoms. The second-order valence-corrected chi connectivity index (χ2v) is 4.02. The van der Waals surface area contributed by atoms with Crippen molar-refractivity contribution in [2.75, 3.05) is 13.2 Å². The molecule has 0 spiro atoms. The molecule has 3 N–H and O–H groups in total. The molecule has 0 saturated heterocycles. The molecule has 0 aromatic heterocycles. The van der Waals surface area contributed by atoms with Crippen molar-refractivity contribution in [2.24, 2.45) is 0 Å². The van der Waals surface area contributed by atoms with E-state index in [1.54, 1.807) is 0 Å². The van der Waals surface area contributed by atoms with Gasteiger partial charge in [-0.3, -0.25) is 4.79 Å². The van der Waals surface area contributed by atoms with Gasteiger partial charge in [0.05, 0.1) is 6.54 Å². The van der Waals surface area contributed by atoms with Gasteiger partial charge in [0.15, 0.2) is 0 Å². The molecule has 0 aliphatic heterocycles. The molecular formula is C11H24N2O2. The van der Waals surface area contributed by atoms with E-state index in [4.69, 9.17) is 5.11 Å². The van der Waals surface area contributed by atoms with Gasteiger partial charge in [-0.05, 0) is 33.1 Å². The van der Waals surface area contributed by atoms with Crippen molar-refractivity contribution in [1.82, 2.24) is 10.6 Å². The molecule has 90 valence electrons. The number of nitrogens with one attached hydrogen (secondary N) is 2. The standard InChI is InChI=1S/C11H24N2O2/c1-4-9(2)12-8-11(15)13-10(3)6-5-7-14/h9-10,12,14H,4-8H2,1-3H3,(H,13,15). The van der Waals surface area contributed by atoms with E-state index in [0.29, 0.717) is 12.6 Å². The molecule has 0 aliphatic rings. The van der Waals surface area contributed by atoms with E-state index in [2.05, 4.69) is 24.5 Å². The van der Waals surface area contributed by atoms with Crippen molar-refractivity contribution in [2.45, 2.75) is 52.1 Å². The fourth-order valence-electron chi connectivity index (χ4n) is 1.21. The first kappa shape index (κ1) is 14.4. The van der Waals surface area contributed by atoms with E-state index in [1.807, 2.05) is 6.92 Å². The summed E-state index contributed by atoms with van der Waals surface area (Å²) in [7, 11) is 0. The van der Waals surface area contributed by atoms with E-state index >= 15 is 0 Å². The van der Waals surface area contributed by atoms with Crippen LogP contribution in [-0.2, 0) is 4.79 Å². The Morgan fingerprint density at radius 2 is 2.00 bits per heavy atom. The van der Waals surface area contributed by atoms with Gasteiger partial charge < -0.3 is 15.7 Å². The van der Waals surface area contributed by atoms with E-state index in [0.717, 1.165) is 19.3 Å². The van der Waals surface area contributed by atoms with Crippen molar-refractivity contribution in [3.8, 4) is 0 Å². The fraction of sp³-hybridized carbons (Fsp3) is 0.909. The molecule has 2 atom stereocenters. The van der Waals surface area contributed by atoms with Crippen LogP contribution in [0.3, 0.4) is 0 Å². The van der Waals surface area contributed by atoms with Gasteiger partial charge in [0, 0.05) is 18.7 Å². The van der Waals surface area contributed by atoms with Gasteiger partial charge >= 0.3 is 0 Å². The number of hydrogen-bond acceptors (Lipinski definition) is 3. The number of aliphatic hydroxyl groups is 1. The zero-order valence-electron chi connectivity index (χ0n) is 10.0. The second kappa shape index (κ2) is 8.68. The number of rotatable bonds is 8. The normalized spacial score (nSPS) is 14.7. The highest BCUT2D eigenvalue weighted by atomic mass is 16.2. The number of hydrogen-bond donors (Lipinski definition) is 3. The maximum atomic E-state index is 11.4. The van der Waals surface area contributed by atoms with Crippen LogP contribution in [0.25, 0.3) is 0 Å². The molecule has 0 fully saturated rings. The minimum atomic E-state index is 0.0285. The summed E-state index contributed by atoms with van der Waals surface area (Å²) in [5, 5.41) is 14.6. The Morgan fingerprint density at radius 1 is 1.33 bits per heavy atom. The molecular weight excluding hydrogens is 192 g/mol. The topological polar surface area (TPSA) is 61.4 Å². The van der Waals surface area contributed by atoms with Crippen LogP contribution in [0.15, 0.2) is 0 Å². The van der Waals surface area contributed by atoms with Gasteiger partial charge in [0.1, 0.15) is 0 Å². The van der Waals surface area contributed by atoms with Crippen molar-refractivity contribution < 1.29 is 9.90 Å². The van der Waals surface area contributed by atoms with Crippen molar-refractivity contribution in [3.05, 3.63) is 0 Å². The molecule has 1 amide bonds. The minimum absolute atomic E-state index is 0.0285. The lowest BCUT2D eigenvalue weighted by atomic mass is 10.2. The zero-order chi connectivity index (χ0) is 11.7. The van der Waals surface area contributed by atoms with Crippen LogP contribution in [0.2, 0.25) is 0 Å². The molecule has 0 radical (unpaired) electrons. The summed E-state index contributed by atoms with van der Waals surface area (Å²) in [6.45, 7) is 6.66. The summed E-state index contributed by atoms with van der Waals surface area (Å²) in [6, 6.07) is 0.520. The molecule has 2 unspecified atom stereocenters. The smallest absolute Gasteiger partial charge is 0.234 e. The van der Waals surface area contributed by atoms with Gasteiger partial charge in [-0.2, -0.15) is 0 Å². The summed E-state index contributed by atoms with van der Waals surface area (Å²) >= 11 is 0. The van der Waals surface area contributed by atoms with Crippen LogP contribution in [-0.4, -0.2) is 36.2 Å². The third kappa shape index (κ3) is 8.39. The highest BCUT2D eigenvalue weighted by molar-refractivity contribution is 5.78. The zero-order valence-corrected chi connectivity index (χ0v) is 10.0. The monoisotopic (exact) mass is 216 g/mol. The van der Waals surface area contributed by atoms with Crippen molar-refractivity contribution >= 4 is 5.91 Å². The molecule has 0 aromatic rings. The van der Waals surface area contributed by atoms with Gasteiger partial charge in [-0.1, -0.05) is 6.92 Å². The lowest BCUT2D eigenvalue weighted by Crippen LogP contribution is -2.41. The molecule has 0 aliphatic carbocycles. The Kier molecular flexibility index (Phi) is 8.33. The van der Waals surface area contributed by atoms with Gasteiger partial charge in [0.2, 0.25) is 5.91 Å². The van der Waals surface area contributed by atoms with Crippen molar-refractivity contribution in [1.29, 1.82) is 0 Å². The van der Waals surface area contributed by atoms with Crippen LogP contribution >= 0.6 is 0 Å². The highest BCUT2D eigenvalue weighted by Gasteiger charge is 2.07. The largest absolute Gasteiger partial charge is 0.396 e. The Hall–Kier alpha value is -0.610. The summed E-state index contributed by atoms with van der Waals surface area (Å²) in [6.07, 6.45) is 2.58. The highest BCUT2D eigenvalue weighted by Crippen LogP contribution is 1.94. The summed E-state index contributed by atoms with van der Waals surface area (Å²) < 4.78 is 0. The van der Waals surface area contributed by atoms with Crippen LogP contribution in [0.4, 0.5) is 0 Å². The maximum absolute atomic E-state index is 11.4. The first-order valence-corrected chi connectivity index (χ1v) is 5.73. The van der Waals surface area contributed by atoms with E-state index in [9.17, 15) is 4.79 Å². The minimum Gasteiger partial charge on any atom is -0.396 e. The average Bonchev–Trinajstić information content (AvgIpc) is 2.22. The molecule has 4 heteroatoms. The average molecular weight is 216 g/mol. The maximum Gasteiger partial charge on any atom is 0.234 e. The third-order valence-corrected chi connectivity index (χ3v) is 2.43. The van der Waals surface area contributed by atoms with Gasteiger partial charge in [0.25, 0.3) is 0 Å². The number of amides is 1. The Balaban J connectivity index is 3.55. The summed E-state index contributed by atoms with van der Waals surface area (Å²) in [4.78, 5) is 11.4. The second-order valence-electron chi connectivity index (χ2n) is 4.02. The first-order valence-electron chi connectivity index (χ1n) is 5.73. The number of carbonyl (C=O) groups is 1. The SMILES string of the molecule is CCC(C)NCC(=O)NC(C)CCCO. The first-order chi connectivity index (χ1) is 7.10. The van der Waals surface area contributed by atoms with E-state index in [-0.39, 0.29) is 18.6 Å². The Labute approximate surface area is 92.4 Å². The summed E-state index contributed by atoms with van der Waals surface area (Å²) in [5.74, 6) is 0.0285. The predicted molar refractivity (Wildman–Crippen MR) is 61.7 cm³/mol. The van der Waals surface area contributed by atoms with Crippen molar-refractivity contribution in [3.63, 3.8) is 0 Å². The molecule has 0 aromatic carbocycles. The summed E-state index contributed by atoms with van der Waals surface area (Å²) in [5.41, 5.74) is 0. The Bertz CT molecular complexity index is 174. The van der Waals surface area contributed by atoms with Crippen LogP contribution in [0.1, 0.15) is 40.0 Å². The quantitative estimate of drug-likeness (QED) is 0.558. The van der Waals surface area contributed by atoms with E-state index < -0.39 is 0 Å². The lowest BCUT2D eigenvalue weighted by Gasteiger charge is -2.15. The third-order valence-electron chi connectivity index (χ3n) is 2.43. The molecule has 4 nitrogen and oxygen atoms in total. The number of aliphatic hydroxyl groups excluding tert-OH is 1. The molecule has 0 heterocycles. The van der Waals surface area contributed by atoms with Gasteiger partial charge in [-0.25, -0.2) is 0 Å². The van der Waals surface area contributed by atoms with Crippen LogP contribution < -0.4 is 10.6 Å². The number of carbonyl (C=O) groups excluding carboxylic acids is 1. The molecule has 0 rings (SSSR count). The van der Waals surface area contributed by atoms with Crippen LogP contribution in [0, 0.1) is 0 Å². The van der Waals surface area contributed by atoms with Gasteiger partial charge in [-0.15, -0.1) is 0 Å². The molecule has 0 saturated carbocycles. The fourth-order valence-corrected chi connectivity index (χ4v) is 1.21. The Morgan fingerprint density at radius 3 is 2.53 bits per heavy atom. The predicted octanol–water partition coefficient (Wildman–Crippen LogP) is 0.652. The molecule has 15 heavy (non-hydrogen) atoms. The van der Waals surface area contributed by atoms with E-state index in [1.165, 1.54) is 0 Å².